The van der Waals surface area contributed by atoms with Crippen LogP contribution in [-0.4, -0.2) is 25.5 Å². The van der Waals surface area contributed by atoms with Crippen LogP contribution in [-0.2, 0) is 10.0 Å². The van der Waals surface area contributed by atoms with Gasteiger partial charge in [0.2, 0.25) is 10.0 Å². The van der Waals surface area contributed by atoms with E-state index in [0.29, 0.717) is 6.54 Å². The predicted octanol–water partition coefficient (Wildman–Crippen LogP) is 2.55. The first-order valence-corrected chi connectivity index (χ1v) is 7.85. The minimum absolute atomic E-state index is 0.0168. The zero-order valence-electron chi connectivity index (χ0n) is 9.06. The van der Waals surface area contributed by atoms with Gasteiger partial charge < -0.3 is 0 Å². The molecule has 16 heavy (non-hydrogen) atoms. The van der Waals surface area contributed by atoms with Crippen molar-refractivity contribution in [3.63, 3.8) is 0 Å². The van der Waals surface area contributed by atoms with Crippen molar-refractivity contribution in [1.82, 2.24) is 4.31 Å². The maximum absolute atomic E-state index is 11.6. The zero-order valence-corrected chi connectivity index (χ0v) is 11.5. The second-order valence-electron chi connectivity index (χ2n) is 4.08. The second kappa shape index (κ2) is 4.47. The fraction of sp³-hybridized carbons (Fsp3) is 0.455. The molecule has 5 heteroatoms. The predicted molar refractivity (Wildman–Crippen MR) is 67.7 cm³/mol. The van der Waals surface area contributed by atoms with Gasteiger partial charge in [-0.15, -0.1) is 0 Å². The van der Waals surface area contributed by atoms with Crippen LogP contribution in [0.25, 0.3) is 0 Å². The van der Waals surface area contributed by atoms with Crippen molar-refractivity contribution >= 4 is 26.0 Å². The Morgan fingerprint density at radius 2 is 1.94 bits per heavy atom. The quantitative estimate of drug-likeness (QED) is 0.842. The molecule has 1 saturated heterocycles. The van der Waals surface area contributed by atoms with E-state index in [2.05, 4.69) is 15.9 Å². The van der Waals surface area contributed by atoms with Crippen molar-refractivity contribution in [2.75, 3.05) is 12.8 Å². The van der Waals surface area contributed by atoms with Gasteiger partial charge in [-0.2, -0.15) is 4.31 Å². The molecule has 0 saturated carbocycles. The molecule has 0 unspecified atom stereocenters. The van der Waals surface area contributed by atoms with Crippen LogP contribution >= 0.6 is 15.9 Å². The summed E-state index contributed by atoms with van der Waals surface area (Å²) in [5.74, 6) is 0. The van der Waals surface area contributed by atoms with Gasteiger partial charge >= 0.3 is 0 Å². The summed E-state index contributed by atoms with van der Waals surface area (Å²) in [5.41, 5.74) is 1.08. The average molecular weight is 304 g/mol. The van der Waals surface area contributed by atoms with Gasteiger partial charge in [0.05, 0.1) is 6.26 Å². The molecule has 0 amide bonds. The number of nitrogens with zero attached hydrogens (tertiary/aromatic N) is 1. The van der Waals surface area contributed by atoms with Crippen LogP contribution in [0.1, 0.15) is 24.4 Å². The Labute approximate surface area is 105 Å². The fourth-order valence-corrected chi connectivity index (χ4v) is 3.57. The first kappa shape index (κ1) is 12.1. The van der Waals surface area contributed by atoms with Gasteiger partial charge in [-0.05, 0) is 30.5 Å². The van der Waals surface area contributed by atoms with Crippen LogP contribution in [0.15, 0.2) is 28.7 Å². The molecule has 0 aromatic heterocycles. The first-order valence-electron chi connectivity index (χ1n) is 5.21. The normalized spacial score (nSPS) is 22.5. The fourth-order valence-electron chi connectivity index (χ4n) is 2.16. The summed E-state index contributed by atoms with van der Waals surface area (Å²) in [5, 5.41) is 0. The molecule has 0 radical (unpaired) electrons. The van der Waals surface area contributed by atoms with Crippen LogP contribution in [0.4, 0.5) is 0 Å². The smallest absolute Gasteiger partial charge is 0.211 e. The third-order valence-electron chi connectivity index (χ3n) is 2.88. The Morgan fingerprint density at radius 3 is 2.50 bits per heavy atom. The highest BCUT2D eigenvalue weighted by atomic mass is 79.9. The molecule has 1 aromatic carbocycles. The molecule has 1 heterocycles. The van der Waals surface area contributed by atoms with Gasteiger partial charge in [-0.25, -0.2) is 8.42 Å². The molecular weight excluding hydrogens is 290 g/mol. The third kappa shape index (κ3) is 2.47. The lowest BCUT2D eigenvalue weighted by Crippen LogP contribution is -2.29. The Morgan fingerprint density at radius 1 is 1.31 bits per heavy atom. The molecular formula is C11H14BrNO2S. The van der Waals surface area contributed by atoms with Gasteiger partial charge in [0, 0.05) is 17.1 Å². The lowest BCUT2D eigenvalue weighted by molar-refractivity contribution is 0.400. The van der Waals surface area contributed by atoms with E-state index in [1.54, 1.807) is 4.31 Å². The molecule has 2 rings (SSSR count). The number of hydrogen-bond donors (Lipinski definition) is 0. The number of halogens is 1. The lowest BCUT2D eigenvalue weighted by atomic mass is 10.1. The number of hydrogen-bond acceptors (Lipinski definition) is 2. The van der Waals surface area contributed by atoms with E-state index in [1.165, 1.54) is 6.26 Å². The maximum atomic E-state index is 11.6. The largest absolute Gasteiger partial charge is 0.212 e. The third-order valence-corrected chi connectivity index (χ3v) is 4.70. The Balaban J connectivity index is 2.30. The summed E-state index contributed by atoms with van der Waals surface area (Å²) < 4.78 is 25.8. The van der Waals surface area contributed by atoms with E-state index >= 15 is 0 Å². The minimum Gasteiger partial charge on any atom is -0.212 e. The van der Waals surface area contributed by atoms with E-state index < -0.39 is 10.0 Å². The highest BCUT2D eigenvalue weighted by Crippen LogP contribution is 2.34. The average Bonchev–Trinajstić information content (AvgIpc) is 2.66. The summed E-state index contributed by atoms with van der Waals surface area (Å²) >= 11 is 3.38. The van der Waals surface area contributed by atoms with Crippen molar-refractivity contribution in [2.24, 2.45) is 0 Å². The molecule has 1 fully saturated rings. The van der Waals surface area contributed by atoms with Crippen LogP contribution in [0.3, 0.4) is 0 Å². The maximum Gasteiger partial charge on any atom is 0.211 e. The summed E-state index contributed by atoms with van der Waals surface area (Å²) in [6.45, 7) is 0.638. The molecule has 1 atom stereocenters. The van der Waals surface area contributed by atoms with Gasteiger partial charge in [0.25, 0.3) is 0 Å². The molecule has 1 aliphatic heterocycles. The van der Waals surface area contributed by atoms with Crippen molar-refractivity contribution in [3.8, 4) is 0 Å². The molecule has 1 aromatic rings. The second-order valence-corrected chi connectivity index (χ2v) is 6.93. The molecule has 88 valence electrons. The van der Waals surface area contributed by atoms with E-state index in [0.717, 1.165) is 22.9 Å². The SMILES string of the molecule is CS(=O)(=O)N1CCC[C@H]1c1ccc(Br)cc1. The van der Waals surface area contributed by atoms with Crippen LogP contribution in [0.2, 0.25) is 0 Å². The topological polar surface area (TPSA) is 37.4 Å². The summed E-state index contributed by atoms with van der Waals surface area (Å²) in [4.78, 5) is 0. The van der Waals surface area contributed by atoms with Gasteiger partial charge in [0.15, 0.2) is 0 Å². The summed E-state index contributed by atoms with van der Waals surface area (Å²) in [6.07, 6.45) is 3.13. The number of sulfonamides is 1. The molecule has 1 aliphatic rings. The van der Waals surface area contributed by atoms with Crippen molar-refractivity contribution in [1.29, 1.82) is 0 Å². The monoisotopic (exact) mass is 303 g/mol. The standard InChI is InChI=1S/C11H14BrNO2S/c1-16(14,15)13-8-2-3-11(13)9-4-6-10(12)7-5-9/h4-7,11H,2-3,8H2,1H3/t11-/m0/s1. The zero-order chi connectivity index (χ0) is 11.8. The molecule has 0 bridgehead atoms. The molecule has 3 nitrogen and oxygen atoms in total. The van der Waals surface area contributed by atoms with Gasteiger partial charge in [0.1, 0.15) is 0 Å². The highest BCUT2D eigenvalue weighted by Gasteiger charge is 2.32. The van der Waals surface area contributed by atoms with Crippen LogP contribution in [0, 0.1) is 0 Å². The van der Waals surface area contributed by atoms with E-state index in [-0.39, 0.29) is 6.04 Å². The number of rotatable bonds is 2. The van der Waals surface area contributed by atoms with Crippen molar-refractivity contribution < 1.29 is 8.42 Å². The van der Waals surface area contributed by atoms with Crippen molar-refractivity contribution in [2.45, 2.75) is 18.9 Å². The van der Waals surface area contributed by atoms with E-state index in [9.17, 15) is 8.42 Å². The first-order chi connectivity index (χ1) is 7.48. The van der Waals surface area contributed by atoms with Crippen LogP contribution in [0.5, 0.6) is 0 Å². The Bertz CT molecular complexity index is 469. The highest BCUT2D eigenvalue weighted by molar-refractivity contribution is 9.10. The Hall–Kier alpha value is -0.390. The molecule has 0 spiro atoms. The Kier molecular flexibility index (Phi) is 3.37. The van der Waals surface area contributed by atoms with Gasteiger partial charge in [-0.1, -0.05) is 28.1 Å². The summed E-state index contributed by atoms with van der Waals surface area (Å²) in [6, 6.07) is 7.89. The number of benzene rings is 1. The molecule has 0 N–H and O–H groups in total. The van der Waals surface area contributed by atoms with Gasteiger partial charge in [-0.3, -0.25) is 0 Å². The lowest BCUT2D eigenvalue weighted by Gasteiger charge is -2.22. The minimum atomic E-state index is -3.09. The van der Waals surface area contributed by atoms with E-state index in [4.69, 9.17) is 0 Å². The summed E-state index contributed by atoms with van der Waals surface area (Å²) in [7, 11) is -3.09. The van der Waals surface area contributed by atoms with Crippen LogP contribution < -0.4 is 0 Å². The van der Waals surface area contributed by atoms with E-state index in [1.807, 2.05) is 24.3 Å². The van der Waals surface area contributed by atoms with Crippen molar-refractivity contribution in [3.05, 3.63) is 34.3 Å². The molecule has 0 aliphatic carbocycles.